The summed E-state index contributed by atoms with van der Waals surface area (Å²) in [7, 11) is 0. The molecule has 0 spiro atoms. The fourth-order valence-corrected chi connectivity index (χ4v) is 2.71. The third kappa shape index (κ3) is 4.50. The van der Waals surface area contributed by atoms with Crippen molar-refractivity contribution in [3.63, 3.8) is 0 Å². The first kappa shape index (κ1) is 16.4. The average Bonchev–Trinajstić information content (AvgIpc) is 2.96. The number of nitrogens with zero attached hydrogens (tertiary/aromatic N) is 1. The lowest BCUT2D eigenvalue weighted by atomic mass is 10.1. The van der Waals surface area contributed by atoms with Crippen molar-refractivity contribution < 1.29 is 14.6 Å². The first-order valence-corrected chi connectivity index (χ1v) is 7.83. The Morgan fingerprint density at radius 1 is 1.43 bits per heavy atom. The molecule has 1 aliphatic heterocycles. The van der Waals surface area contributed by atoms with Crippen LogP contribution in [0.25, 0.3) is 0 Å². The minimum Gasteiger partial charge on any atom is -0.492 e. The summed E-state index contributed by atoms with van der Waals surface area (Å²) in [6.07, 6.45) is 1.95. The Kier molecular flexibility index (Phi) is 6.15. The molecule has 21 heavy (non-hydrogen) atoms. The van der Waals surface area contributed by atoms with Crippen molar-refractivity contribution in [3.8, 4) is 5.75 Å². The number of ether oxygens (including phenoxy) is 1. The number of rotatable bonds is 6. The number of amides is 1. The molecule has 1 fully saturated rings. The van der Waals surface area contributed by atoms with Crippen molar-refractivity contribution in [1.29, 1.82) is 0 Å². The topological polar surface area (TPSA) is 49.8 Å². The lowest BCUT2D eigenvalue weighted by Crippen LogP contribution is -2.29. The number of hydrogen-bond donors (Lipinski definition) is 1. The Labute approximate surface area is 134 Å². The van der Waals surface area contributed by atoms with Gasteiger partial charge in [-0.15, -0.1) is 0 Å². The summed E-state index contributed by atoms with van der Waals surface area (Å²) in [5, 5.41) is 9.93. The van der Waals surface area contributed by atoms with Crippen molar-refractivity contribution in [2.24, 2.45) is 5.92 Å². The van der Waals surface area contributed by atoms with Crippen LogP contribution < -0.4 is 4.74 Å². The summed E-state index contributed by atoms with van der Waals surface area (Å²) in [5.41, 5.74) is 0. The Morgan fingerprint density at radius 3 is 2.95 bits per heavy atom. The molecule has 1 heterocycles. The second kappa shape index (κ2) is 7.87. The van der Waals surface area contributed by atoms with Gasteiger partial charge >= 0.3 is 0 Å². The van der Waals surface area contributed by atoms with E-state index in [1.807, 2.05) is 4.90 Å². The van der Waals surface area contributed by atoms with Crippen molar-refractivity contribution in [2.45, 2.75) is 19.3 Å². The van der Waals surface area contributed by atoms with Crippen LogP contribution >= 0.6 is 23.2 Å². The molecule has 1 amide bonds. The second-order valence-electron chi connectivity index (χ2n) is 5.18. The Balaban J connectivity index is 1.70. The van der Waals surface area contributed by atoms with Crippen LogP contribution in [0, 0.1) is 5.92 Å². The van der Waals surface area contributed by atoms with Crippen LogP contribution in [-0.2, 0) is 4.79 Å². The molecule has 1 aromatic rings. The molecule has 1 aliphatic rings. The molecule has 0 aliphatic carbocycles. The van der Waals surface area contributed by atoms with E-state index in [0.717, 1.165) is 13.0 Å². The molecular formula is C15H19Cl2NO3. The molecule has 0 saturated carbocycles. The molecule has 1 atom stereocenters. The van der Waals surface area contributed by atoms with Gasteiger partial charge in [-0.05, 0) is 25.0 Å². The first-order valence-electron chi connectivity index (χ1n) is 7.07. The van der Waals surface area contributed by atoms with E-state index in [1.165, 1.54) is 0 Å². The SMILES string of the molecule is O=C(CCCOc1cccc(Cl)c1Cl)N1CCC(CO)C1. The molecule has 4 nitrogen and oxygen atoms in total. The second-order valence-corrected chi connectivity index (χ2v) is 5.97. The van der Waals surface area contributed by atoms with E-state index < -0.39 is 0 Å². The van der Waals surface area contributed by atoms with Crippen molar-refractivity contribution in [2.75, 3.05) is 26.3 Å². The van der Waals surface area contributed by atoms with Gasteiger partial charge in [0, 0.05) is 32.0 Å². The fourth-order valence-electron chi connectivity index (χ4n) is 2.37. The van der Waals surface area contributed by atoms with Crippen LogP contribution in [0.4, 0.5) is 0 Å². The number of carbonyl (C=O) groups excluding carboxylic acids is 1. The van der Waals surface area contributed by atoms with Gasteiger partial charge in [-0.1, -0.05) is 29.3 Å². The minimum atomic E-state index is 0.117. The van der Waals surface area contributed by atoms with Crippen LogP contribution in [0.2, 0.25) is 10.0 Å². The molecule has 0 aromatic heterocycles. The number of carbonyl (C=O) groups is 1. The van der Waals surface area contributed by atoms with E-state index in [-0.39, 0.29) is 18.4 Å². The lowest BCUT2D eigenvalue weighted by Gasteiger charge is -2.16. The van der Waals surface area contributed by atoms with Crippen LogP contribution in [0.3, 0.4) is 0 Å². The summed E-state index contributed by atoms with van der Waals surface area (Å²) in [4.78, 5) is 13.8. The highest BCUT2D eigenvalue weighted by atomic mass is 35.5. The van der Waals surface area contributed by atoms with Crippen LogP contribution in [0.15, 0.2) is 18.2 Å². The number of likely N-dealkylation sites (tertiary alicyclic amines) is 1. The largest absolute Gasteiger partial charge is 0.492 e. The van der Waals surface area contributed by atoms with Crippen LogP contribution in [-0.4, -0.2) is 42.2 Å². The van der Waals surface area contributed by atoms with Gasteiger partial charge in [0.15, 0.2) is 0 Å². The zero-order valence-corrected chi connectivity index (χ0v) is 13.2. The van der Waals surface area contributed by atoms with E-state index >= 15 is 0 Å². The highest BCUT2D eigenvalue weighted by Gasteiger charge is 2.25. The Bertz CT molecular complexity index is 496. The summed E-state index contributed by atoms with van der Waals surface area (Å²) in [6.45, 7) is 1.98. The maximum absolute atomic E-state index is 12.0. The molecule has 1 N–H and O–H groups in total. The molecular weight excluding hydrogens is 313 g/mol. The fraction of sp³-hybridized carbons (Fsp3) is 0.533. The molecule has 0 bridgehead atoms. The van der Waals surface area contributed by atoms with Gasteiger partial charge < -0.3 is 14.7 Å². The van der Waals surface area contributed by atoms with Gasteiger partial charge in [0.1, 0.15) is 10.8 Å². The predicted octanol–water partition coefficient (Wildman–Crippen LogP) is 2.99. The zero-order chi connectivity index (χ0) is 15.2. The van der Waals surface area contributed by atoms with Crippen molar-refractivity contribution in [3.05, 3.63) is 28.2 Å². The smallest absolute Gasteiger partial charge is 0.222 e. The lowest BCUT2D eigenvalue weighted by molar-refractivity contribution is -0.130. The number of halogens is 2. The zero-order valence-electron chi connectivity index (χ0n) is 11.7. The summed E-state index contributed by atoms with van der Waals surface area (Å²) in [6, 6.07) is 5.22. The number of benzene rings is 1. The summed E-state index contributed by atoms with van der Waals surface area (Å²) < 4.78 is 5.55. The van der Waals surface area contributed by atoms with Crippen LogP contribution in [0.1, 0.15) is 19.3 Å². The standard InChI is InChI=1S/C15H19Cl2NO3/c16-12-3-1-4-13(15(12)17)21-8-2-5-14(20)18-7-6-11(9-18)10-19/h1,3-4,11,19H,2,5-10H2. The number of aliphatic hydroxyl groups is 1. The summed E-state index contributed by atoms with van der Waals surface area (Å²) >= 11 is 11.9. The predicted molar refractivity (Wildman–Crippen MR) is 83.0 cm³/mol. The van der Waals surface area contributed by atoms with E-state index in [1.54, 1.807) is 18.2 Å². The Morgan fingerprint density at radius 2 is 2.24 bits per heavy atom. The molecule has 2 rings (SSSR count). The maximum atomic E-state index is 12.0. The van der Waals surface area contributed by atoms with Crippen LogP contribution in [0.5, 0.6) is 5.75 Å². The van der Waals surface area contributed by atoms with Gasteiger partial charge in [0.25, 0.3) is 0 Å². The number of hydrogen-bond acceptors (Lipinski definition) is 3. The van der Waals surface area contributed by atoms with Gasteiger partial charge in [0.05, 0.1) is 11.6 Å². The molecule has 116 valence electrons. The van der Waals surface area contributed by atoms with E-state index in [4.69, 9.17) is 33.0 Å². The average molecular weight is 332 g/mol. The van der Waals surface area contributed by atoms with Crippen molar-refractivity contribution >= 4 is 29.1 Å². The van der Waals surface area contributed by atoms with Gasteiger partial charge in [-0.2, -0.15) is 0 Å². The minimum absolute atomic E-state index is 0.117. The molecule has 1 saturated heterocycles. The highest BCUT2D eigenvalue weighted by Crippen LogP contribution is 2.31. The quantitative estimate of drug-likeness (QED) is 0.815. The number of aliphatic hydroxyl groups excluding tert-OH is 1. The monoisotopic (exact) mass is 331 g/mol. The third-order valence-corrected chi connectivity index (χ3v) is 4.41. The first-order chi connectivity index (χ1) is 10.1. The van der Waals surface area contributed by atoms with Gasteiger partial charge in [-0.3, -0.25) is 4.79 Å². The van der Waals surface area contributed by atoms with Gasteiger partial charge in [0.2, 0.25) is 5.91 Å². The maximum Gasteiger partial charge on any atom is 0.222 e. The Hall–Kier alpha value is -0.970. The third-order valence-electron chi connectivity index (χ3n) is 3.61. The molecule has 1 unspecified atom stereocenters. The molecule has 0 radical (unpaired) electrons. The highest BCUT2D eigenvalue weighted by molar-refractivity contribution is 6.42. The molecule has 1 aromatic carbocycles. The van der Waals surface area contributed by atoms with E-state index in [0.29, 0.717) is 41.8 Å². The van der Waals surface area contributed by atoms with E-state index in [2.05, 4.69) is 0 Å². The van der Waals surface area contributed by atoms with Crippen molar-refractivity contribution in [1.82, 2.24) is 4.90 Å². The summed E-state index contributed by atoms with van der Waals surface area (Å²) in [5.74, 6) is 0.889. The van der Waals surface area contributed by atoms with E-state index in [9.17, 15) is 4.79 Å². The molecule has 6 heteroatoms. The van der Waals surface area contributed by atoms with Gasteiger partial charge in [-0.25, -0.2) is 0 Å². The normalized spacial score (nSPS) is 18.0.